The van der Waals surface area contributed by atoms with Crippen molar-refractivity contribution in [2.75, 3.05) is 7.11 Å². The number of carboxylic acid groups (broad SMARTS) is 1. The molecule has 6 heteroatoms. The third kappa shape index (κ3) is 3.15. The maximum atomic E-state index is 12.2. The van der Waals surface area contributed by atoms with E-state index in [-0.39, 0.29) is 11.9 Å². The number of carbonyl (C=O) groups is 2. The van der Waals surface area contributed by atoms with Crippen LogP contribution in [0, 0.1) is 5.41 Å². The highest BCUT2D eigenvalue weighted by atomic mass is 16.5. The Labute approximate surface area is 123 Å². The lowest BCUT2D eigenvalue weighted by Crippen LogP contribution is -2.52. The van der Waals surface area contributed by atoms with Crippen LogP contribution in [0.5, 0.6) is 5.88 Å². The number of carboxylic acids is 1. The van der Waals surface area contributed by atoms with Crippen molar-refractivity contribution in [3.8, 4) is 5.88 Å². The molecule has 0 aliphatic heterocycles. The largest absolute Gasteiger partial charge is 0.481 e. The van der Waals surface area contributed by atoms with Crippen LogP contribution >= 0.6 is 0 Å². The molecule has 0 saturated heterocycles. The standard InChI is InChI=1S/C15H20N2O4/c1-15(14(19)20)8-4-3-5-11(15)17-13(18)10-6-7-12(21-2)16-9-10/h6-7,9,11H,3-5,8H2,1-2H3,(H,17,18)(H,19,20). The fraction of sp³-hybridized carbons (Fsp3) is 0.533. The minimum absolute atomic E-state index is 0.301. The maximum absolute atomic E-state index is 12.2. The summed E-state index contributed by atoms with van der Waals surface area (Å²) >= 11 is 0. The zero-order valence-electron chi connectivity index (χ0n) is 12.3. The molecule has 1 saturated carbocycles. The zero-order valence-corrected chi connectivity index (χ0v) is 12.3. The van der Waals surface area contributed by atoms with E-state index >= 15 is 0 Å². The van der Waals surface area contributed by atoms with Crippen molar-refractivity contribution in [2.45, 2.75) is 38.6 Å². The van der Waals surface area contributed by atoms with Crippen LogP contribution in [0.4, 0.5) is 0 Å². The fourth-order valence-electron chi connectivity index (χ4n) is 2.70. The first-order valence-electron chi connectivity index (χ1n) is 7.01. The molecule has 0 radical (unpaired) electrons. The Morgan fingerprint density at radius 3 is 2.76 bits per heavy atom. The van der Waals surface area contributed by atoms with Crippen LogP contribution in [0.2, 0.25) is 0 Å². The average Bonchev–Trinajstić information content (AvgIpc) is 2.49. The van der Waals surface area contributed by atoms with Gasteiger partial charge in [0.25, 0.3) is 5.91 Å². The molecule has 1 amide bonds. The van der Waals surface area contributed by atoms with Crippen molar-refractivity contribution < 1.29 is 19.4 Å². The third-order valence-electron chi connectivity index (χ3n) is 4.21. The van der Waals surface area contributed by atoms with E-state index in [9.17, 15) is 14.7 Å². The number of hydrogen-bond acceptors (Lipinski definition) is 4. The van der Waals surface area contributed by atoms with E-state index in [1.54, 1.807) is 19.1 Å². The Morgan fingerprint density at radius 2 is 2.19 bits per heavy atom. The maximum Gasteiger partial charge on any atom is 0.311 e. The van der Waals surface area contributed by atoms with Gasteiger partial charge in [-0.05, 0) is 25.8 Å². The van der Waals surface area contributed by atoms with E-state index in [2.05, 4.69) is 10.3 Å². The van der Waals surface area contributed by atoms with Gasteiger partial charge in [0.2, 0.25) is 5.88 Å². The first kappa shape index (κ1) is 15.3. The predicted molar refractivity (Wildman–Crippen MR) is 76.3 cm³/mol. The summed E-state index contributed by atoms with van der Waals surface area (Å²) in [6.07, 6.45) is 4.48. The third-order valence-corrected chi connectivity index (χ3v) is 4.21. The molecule has 1 aliphatic rings. The number of ether oxygens (including phenoxy) is 1. The number of nitrogens with zero attached hydrogens (tertiary/aromatic N) is 1. The van der Waals surface area contributed by atoms with Crippen molar-refractivity contribution in [3.63, 3.8) is 0 Å². The molecule has 2 atom stereocenters. The number of hydrogen-bond donors (Lipinski definition) is 2. The summed E-state index contributed by atoms with van der Waals surface area (Å²) in [6.45, 7) is 1.70. The molecule has 0 bridgehead atoms. The topological polar surface area (TPSA) is 88.5 Å². The second-order valence-electron chi connectivity index (χ2n) is 5.58. The van der Waals surface area contributed by atoms with Crippen molar-refractivity contribution in [1.29, 1.82) is 0 Å². The molecule has 0 spiro atoms. The SMILES string of the molecule is COc1ccc(C(=O)NC2CCCCC2(C)C(=O)O)cn1. The average molecular weight is 292 g/mol. The molecule has 6 nitrogen and oxygen atoms in total. The van der Waals surface area contributed by atoms with Gasteiger partial charge >= 0.3 is 5.97 Å². The van der Waals surface area contributed by atoms with E-state index in [0.717, 1.165) is 12.8 Å². The molecule has 0 aromatic carbocycles. The molecule has 114 valence electrons. The van der Waals surface area contributed by atoms with Gasteiger partial charge in [-0.15, -0.1) is 0 Å². The van der Waals surface area contributed by atoms with E-state index in [1.165, 1.54) is 13.3 Å². The number of nitrogens with one attached hydrogen (secondary N) is 1. The van der Waals surface area contributed by atoms with Crippen molar-refractivity contribution >= 4 is 11.9 Å². The summed E-state index contributed by atoms with van der Waals surface area (Å²) in [5.74, 6) is -0.732. The van der Waals surface area contributed by atoms with Crippen molar-refractivity contribution in [1.82, 2.24) is 10.3 Å². The molecule has 1 aromatic heterocycles. The summed E-state index contributed by atoms with van der Waals surface area (Å²) in [6, 6.07) is 2.85. The molecule has 2 unspecified atom stereocenters. The van der Waals surface area contributed by atoms with Gasteiger partial charge in [0.15, 0.2) is 0 Å². The van der Waals surface area contributed by atoms with Crippen LogP contribution in [0.25, 0.3) is 0 Å². The van der Waals surface area contributed by atoms with Crippen LogP contribution in [0.15, 0.2) is 18.3 Å². The highest BCUT2D eigenvalue weighted by molar-refractivity contribution is 5.94. The van der Waals surface area contributed by atoms with Crippen LogP contribution in [-0.2, 0) is 4.79 Å². The minimum Gasteiger partial charge on any atom is -0.481 e. The van der Waals surface area contributed by atoms with Gasteiger partial charge in [-0.2, -0.15) is 0 Å². The highest BCUT2D eigenvalue weighted by Gasteiger charge is 2.43. The smallest absolute Gasteiger partial charge is 0.311 e. The van der Waals surface area contributed by atoms with Gasteiger partial charge < -0.3 is 15.2 Å². The Hall–Kier alpha value is -2.11. The fourth-order valence-corrected chi connectivity index (χ4v) is 2.70. The number of methoxy groups -OCH3 is 1. The Morgan fingerprint density at radius 1 is 1.43 bits per heavy atom. The number of pyridine rings is 1. The molecule has 1 fully saturated rings. The molecular weight excluding hydrogens is 272 g/mol. The molecule has 1 heterocycles. The normalized spacial score (nSPS) is 25.1. The van der Waals surface area contributed by atoms with E-state index in [1.807, 2.05) is 0 Å². The number of aromatic nitrogens is 1. The van der Waals surface area contributed by atoms with Crippen molar-refractivity contribution in [3.05, 3.63) is 23.9 Å². The van der Waals surface area contributed by atoms with E-state index in [4.69, 9.17) is 4.74 Å². The van der Waals surface area contributed by atoms with E-state index in [0.29, 0.717) is 24.3 Å². The van der Waals surface area contributed by atoms with Crippen LogP contribution < -0.4 is 10.1 Å². The van der Waals surface area contributed by atoms with Gasteiger partial charge in [0, 0.05) is 18.3 Å². The molecule has 2 rings (SSSR count). The Bertz CT molecular complexity index is 529. The summed E-state index contributed by atoms with van der Waals surface area (Å²) in [5.41, 5.74) is -0.512. The summed E-state index contributed by atoms with van der Waals surface area (Å²) in [4.78, 5) is 27.7. The zero-order chi connectivity index (χ0) is 15.5. The summed E-state index contributed by atoms with van der Waals surface area (Å²) < 4.78 is 4.94. The van der Waals surface area contributed by atoms with Crippen LogP contribution in [-0.4, -0.2) is 35.1 Å². The molecular formula is C15H20N2O4. The molecule has 2 N–H and O–H groups in total. The van der Waals surface area contributed by atoms with Crippen LogP contribution in [0.1, 0.15) is 43.0 Å². The Kier molecular flexibility index (Phi) is 4.45. The van der Waals surface area contributed by atoms with Gasteiger partial charge in [-0.25, -0.2) is 4.98 Å². The lowest BCUT2D eigenvalue weighted by Gasteiger charge is -2.38. The van der Waals surface area contributed by atoms with Gasteiger partial charge in [0.1, 0.15) is 0 Å². The lowest BCUT2D eigenvalue weighted by atomic mass is 9.71. The first-order chi connectivity index (χ1) is 9.97. The van der Waals surface area contributed by atoms with Gasteiger partial charge in [0.05, 0.1) is 18.1 Å². The molecule has 21 heavy (non-hydrogen) atoms. The Balaban J connectivity index is 2.11. The van der Waals surface area contributed by atoms with Crippen molar-refractivity contribution in [2.24, 2.45) is 5.41 Å². The number of rotatable bonds is 4. The highest BCUT2D eigenvalue weighted by Crippen LogP contribution is 2.36. The number of aliphatic carboxylic acids is 1. The molecule has 1 aromatic rings. The van der Waals surface area contributed by atoms with Crippen LogP contribution in [0.3, 0.4) is 0 Å². The molecule has 1 aliphatic carbocycles. The van der Waals surface area contributed by atoms with Gasteiger partial charge in [-0.1, -0.05) is 12.8 Å². The lowest BCUT2D eigenvalue weighted by molar-refractivity contribution is -0.151. The summed E-state index contributed by atoms with van der Waals surface area (Å²) in [7, 11) is 1.50. The van der Waals surface area contributed by atoms with Gasteiger partial charge in [-0.3, -0.25) is 9.59 Å². The summed E-state index contributed by atoms with van der Waals surface area (Å²) in [5, 5.41) is 12.3. The first-order valence-corrected chi connectivity index (χ1v) is 7.01. The monoisotopic (exact) mass is 292 g/mol. The second kappa shape index (κ2) is 6.11. The quantitative estimate of drug-likeness (QED) is 0.884. The minimum atomic E-state index is -0.909. The number of amides is 1. The second-order valence-corrected chi connectivity index (χ2v) is 5.58. The number of carbonyl (C=O) groups excluding carboxylic acids is 1. The predicted octanol–water partition coefficient (Wildman–Crippen LogP) is 1.85. The van der Waals surface area contributed by atoms with E-state index < -0.39 is 11.4 Å².